The second-order valence-corrected chi connectivity index (χ2v) is 4.56. The van der Waals surface area contributed by atoms with Crippen molar-refractivity contribution in [2.24, 2.45) is 5.92 Å². The smallest absolute Gasteiger partial charge is 0.130 e. The van der Waals surface area contributed by atoms with E-state index >= 15 is 0 Å². The molecular weight excluding hydrogens is 208 g/mol. The standard InChI is InChI=1S/C13H17F2N/c1-3-9-6-13(9)16-8(2)11-5-4-10(14)7-12(11)15/h4-5,7-9,13,16H,3,6H2,1-2H3. The number of hydrogen-bond donors (Lipinski definition) is 1. The highest BCUT2D eigenvalue weighted by Gasteiger charge is 2.36. The van der Waals surface area contributed by atoms with Crippen LogP contribution >= 0.6 is 0 Å². The molecule has 1 N–H and O–H groups in total. The molecule has 0 radical (unpaired) electrons. The Hall–Kier alpha value is -0.960. The molecule has 3 unspecified atom stereocenters. The Kier molecular flexibility index (Phi) is 3.24. The van der Waals surface area contributed by atoms with Gasteiger partial charge in [0.25, 0.3) is 0 Å². The number of hydrogen-bond acceptors (Lipinski definition) is 1. The van der Waals surface area contributed by atoms with Crippen LogP contribution in [-0.4, -0.2) is 6.04 Å². The largest absolute Gasteiger partial charge is 0.307 e. The van der Waals surface area contributed by atoms with Crippen LogP contribution in [0, 0.1) is 17.6 Å². The van der Waals surface area contributed by atoms with Gasteiger partial charge in [0.05, 0.1) is 0 Å². The fraction of sp³-hybridized carbons (Fsp3) is 0.538. The molecule has 0 bridgehead atoms. The van der Waals surface area contributed by atoms with Crippen LogP contribution < -0.4 is 5.32 Å². The number of rotatable bonds is 4. The summed E-state index contributed by atoms with van der Waals surface area (Å²) in [6.45, 7) is 4.08. The quantitative estimate of drug-likeness (QED) is 0.828. The molecule has 1 aliphatic rings. The van der Waals surface area contributed by atoms with Gasteiger partial charge in [-0.05, 0) is 25.3 Å². The Labute approximate surface area is 94.9 Å². The lowest BCUT2D eigenvalue weighted by Gasteiger charge is -2.15. The third-order valence-electron chi connectivity index (χ3n) is 3.34. The summed E-state index contributed by atoms with van der Waals surface area (Å²) in [7, 11) is 0. The average molecular weight is 225 g/mol. The molecular formula is C13H17F2N. The van der Waals surface area contributed by atoms with Crippen LogP contribution in [0.2, 0.25) is 0 Å². The molecule has 0 heterocycles. The van der Waals surface area contributed by atoms with Gasteiger partial charge in [-0.3, -0.25) is 0 Å². The Morgan fingerprint density at radius 1 is 1.44 bits per heavy atom. The van der Waals surface area contributed by atoms with Crippen molar-refractivity contribution in [2.75, 3.05) is 0 Å². The molecule has 3 heteroatoms. The molecule has 2 rings (SSSR count). The highest BCUT2D eigenvalue weighted by molar-refractivity contribution is 5.22. The van der Waals surface area contributed by atoms with Gasteiger partial charge in [0.2, 0.25) is 0 Å². The second-order valence-electron chi connectivity index (χ2n) is 4.56. The number of benzene rings is 1. The van der Waals surface area contributed by atoms with Crippen LogP contribution in [-0.2, 0) is 0 Å². The fourth-order valence-electron chi connectivity index (χ4n) is 2.17. The maximum atomic E-state index is 13.5. The Balaban J connectivity index is 2.01. The van der Waals surface area contributed by atoms with Gasteiger partial charge < -0.3 is 5.32 Å². The van der Waals surface area contributed by atoms with Gasteiger partial charge in [-0.1, -0.05) is 19.4 Å². The summed E-state index contributed by atoms with van der Waals surface area (Å²) in [5.74, 6) is -0.258. The maximum absolute atomic E-state index is 13.5. The predicted molar refractivity (Wildman–Crippen MR) is 60.1 cm³/mol. The minimum absolute atomic E-state index is 0.0536. The zero-order chi connectivity index (χ0) is 11.7. The van der Waals surface area contributed by atoms with Gasteiger partial charge in [-0.2, -0.15) is 0 Å². The summed E-state index contributed by atoms with van der Waals surface area (Å²) in [5, 5.41) is 3.37. The highest BCUT2D eigenvalue weighted by Crippen LogP contribution is 2.35. The van der Waals surface area contributed by atoms with Crippen molar-refractivity contribution in [3.05, 3.63) is 35.4 Å². The summed E-state index contributed by atoms with van der Waals surface area (Å²) in [5.41, 5.74) is 0.545. The lowest BCUT2D eigenvalue weighted by Crippen LogP contribution is -2.23. The van der Waals surface area contributed by atoms with Gasteiger partial charge in [0.1, 0.15) is 11.6 Å². The van der Waals surface area contributed by atoms with Crippen molar-refractivity contribution in [1.29, 1.82) is 0 Å². The third kappa shape index (κ3) is 2.40. The van der Waals surface area contributed by atoms with E-state index in [2.05, 4.69) is 12.2 Å². The van der Waals surface area contributed by atoms with Crippen LogP contribution in [0.15, 0.2) is 18.2 Å². The van der Waals surface area contributed by atoms with Crippen LogP contribution in [0.5, 0.6) is 0 Å². The summed E-state index contributed by atoms with van der Waals surface area (Å²) >= 11 is 0. The van der Waals surface area contributed by atoms with Crippen molar-refractivity contribution < 1.29 is 8.78 Å². The molecule has 16 heavy (non-hydrogen) atoms. The first-order chi connectivity index (χ1) is 7.61. The molecule has 1 nitrogen and oxygen atoms in total. The zero-order valence-corrected chi connectivity index (χ0v) is 9.63. The lowest BCUT2D eigenvalue weighted by molar-refractivity contribution is 0.501. The van der Waals surface area contributed by atoms with Crippen molar-refractivity contribution in [1.82, 2.24) is 5.32 Å². The molecule has 3 atom stereocenters. The highest BCUT2D eigenvalue weighted by atomic mass is 19.1. The first-order valence-electron chi connectivity index (χ1n) is 5.82. The van der Waals surface area contributed by atoms with Gasteiger partial charge in [-0.15, -0.1) is 0 Å². The Bertz CT molecular complexity index is 378. The van der Waals surface area contributed by atoms with E-state index in [0.717, 1.165) is 18.4 Å². The SMILES string of the molecule is CCC1CC1NC(C)c1ccc(F)cc1F. The molecule has 0 aromatic heterocycles. The summed E-state index contributed by atoms with van der Waals surface area (Å²) in [4.78, 5) is 0. The topological polar surface area (TPSA) is 12.0 Å². The number of nitrogens with one attached hydrogen (secondary N) is 1. The van der Waals surface area contributed by atoms with E-state index in [4.69, 9.17) is 0 Å². The predicted octanol–water partition coefficient (Wildman–Crippen LogP) is 3.41. The molecule has 1 saturated carbocycles. The average Bonchev–Trinajstić information content (AvgIpc) is 2.96. The van der Waals surface area contributed by atoms with Gasteiger partial charge in [0, 0.05) is 23.7 Å². The molecule has 88 valence electrons. The third-order valence-corrected chi connectivity index (χ3v) is 3.34. The van der Waals surface area contributed by atoms with Crippen LogP contribution in [0.4, 0.5) is 8.78 Å². The van der Waals surface area contributed by atoms with E-state index in [1.54, 1.807) is 0 Å². The van der Waals surface area contributed by atoms with Crippen molar-refractivity contribution in [2.45, 2.75) is 38.8 Å². The van der Waals surface area contributed by atoms with Crippen molar-refractivity contribution in [3.8, 4) is 0 Å². The minimum atomic E-state index is -0.522. The lowest BCUT2D eigenvalue weighted by atomic mass is 10.1. The van der Waals surface area contributed by atoms with Crippen LogP contribution in [0.25, 0.3) is 0 Å². The van der Waals surface area contributed by atoms with Crippen LogP contribution in [0.1, 0.15) is 38.3 Å². The zero-order valence-electron chi connectivity index (χ0n) is 9.63. The van der Waals surface area contributed by atoms with E-state index in [0.29, 0.717) is 11.6 Å². The summed E-state index contributed by atoms with van der Waals surface area (Å²) < 4.78 is 26.2. The first kappa shape index (κ1) is 11.5. The monoisotopic (exact) mass is 225 g/mol. The van der Waals surface area contributed by atoms with Crippen molar-refractivity contribution >= 4 is 0 Å². The second kappa shape index (κ2) is 4.50. The van der Waals surface area contributed by atoms with E-state index in [1.165, 1.54) is 18.6 Å². The van der Waals surface area contributed by atoms with E-state index < -0.39 is 11.6 Å². The molecule has 1 aromatic rings. The first-order valence-corrected chi connectivity index (χ1v) is 5.82. The molecule has 1 aromatic carbocycles. The molecule has 0 saturated heterocycles. The summed E-state index contributed by atoms with van der Waals surface area (Å²) in [6, 6.07) is 4.22. The minimum Gasteiger partial charge on any atom is -0.307 e. The van der Waals surface area contributed by atoms with Gasteiger partial charge in [0.15, 0.2) is 0 Å². The van der Waals surface area contributed by atoms with Gasteiger partial charge >= 0.3 is 0 Å². The maximum Gasteiger partial charge on any atom is 0.130 e. The molecule has 0 spiro atoms. The Morgan fingerprint density at radius 3 is 2.75 bits per heavy atom. The Morgan fingerprint density at radius 2 is 2.19 bits per heavy atom. The number of halogens is 2. The van der Waals surface area contributed by atoms with E-state index in [-0.39, 0.29) is 6.04 Å². The normalized spacial score (nSPS) is 25.5. The fourth-order valence-corrected chi connectivity index (χ4v) is 2.17. The van der Waals surface area contributed by atoms with Gasteiger partial charge in [-0.25, -0.2) is 8.78 Å². The van der Waals surface area contributed by atoms with Crippen LogP contribution in [0.3, 0.4) is 0 Å². The molecule has 1 aliphatic carbocycles. The van der Waals surface area contributed by atoms with E-state index in [1.807, 2.05) is 6.92 Å². The molecule has 1 fully saturated rings. The van der Waals surface area contributed by atoms with Crippen molar-refractivity contribution in [3.63, 3.8) is 0 Å². The van der Waals surface area contributed by atoms with E-state index in [9.17, 15) is 8.78 Å². The summed E-state index contributed by atoms with van der Waals surface area (Å²) in [6.07, 6.45) is 2.33. The molecule has 0 aliphatic heterocycles. The molecule has 0 amide bonds.